The highest BCUT2D eigenvalue weighted by molar-refractivity contribution is 7.97. The molecule has 186 valence electrons. The quantitative estimate of drug-likeness (QED) is 0.284. The summed E-state index contributed by atoms with van der Waals surface area (Å²) in [7, 11) is -2.97. The number of rotatable bonds is 7. The maximum Gasteiger partial charge on any atom is 0.271 e. The lowest BCUT2D eigenvalue weighted by Crippen LogP contribution is -2.29. The first kappa shape index (κ1) is 24.7. The fourth-order valence-corrected chi connectivity index (χ4v) is 5.82. The third-order valence-electron chi connectivity index (χ3n) is 5.56. The third-order valence-corrected chi connectivity index (χ3v) is 7.53. The molecule has 36 heavy (non-hydrogen) atoms. The van der Waals surface area contributed by atoms with E-state index < -0.39 is 30.9 Å². The summed E-state index contributed by atoms with van der Waals surface area (Å²) in [6.07, 6.45) is 1.16. The second-order valence-electron chi connectivity index (χ2n) is 7.79. The molecule has 1 atom stereocenters. The van der Waals surface area contributed by atoms with Gasteiger partial charge in [-0.05, 0) is 60.5 Å². The third kappa shape index (κ3) is 4.48. The smallest absolute Gasteiger partial charge is 0.271 e. The number of ether oxygens (including phenoxy) is 2. The van der Waals surface area contributed by atoms with Crippen LogP contribution in [-0.2, 0) is 14.6 Å². The van der Waals surface area contributed by atoms with Crippen LogP contribution in [0.2, 0.25) is 0 Å². The van der Waals surface area contributed by atoms with Crippen LogP contribution in [0.5, 0.6) is 17.2 Å². The molecule has 3 aromatic carbocycles. The molecule has 3 aromatic rings. The summed E-state index contributed by atoms with van der Waals surface area (Å²) in [4.78, 5) is 24.9. The van der Waals surface area contributed by atoms with Crippen LogP contribution in [0.15, 0.2) is 71.6 Å². The van der Waals surface area contributed by atoms with Crippen molar-refractivity contribution in [2.75, 3.05) is 18.6 Å². The number of phenolic OH excluding ortho intramolecular Hbond substituents is 1. The molecule has 1 fully saturated rings. The van der Waals surface area contributed by atoms with Crippen molar-refractivity contribution in [1.82, 2.24) is 0 Å². The van der Waals surface area contributed by atoms with Gasteiger partial charge in [-0.25, -0.2) is 8.42 Å². The van der Waals surface area contributed by atoms with Gasteiger partial charge in [-0.1, -0.05) is 18.2 Å². The Kier molecular flexibility index (Phi) is 6.67. The van der Waals surface area contributed by atoms with Gasteiger partial charge in [0.05, 0.1) is 18.6 Å². The highest BCUT2D eigenvalue weighted by atomic mass is 32.2. The fraction of sp³-hybridized carbons (Fsp3) is 0.160. The van der Waals surface area contributed by atoms with Gasteiger partial charge in [0.2, 0.25) is 9.84 Å². The van der Waals surface area contributed by atoms with Crippen molar-refractivity contribution in [3.8, 4) is 17.2 Å². The number of nitrogens with zero attached hydrogens (tertiary/aromatic N) is 2. The van der Waals surface area contributed by atoms with Crippen LogP contribution >= 0.6 is 0 Å². The van der Waals surface area contributed by atoms with E-state index in [1.807, 2.05) is 6.92 Å². The zero-order valence-corrected chi connectivity index (χ0v) is 20.1. The monoisotopic (exact) mass is 510 g/mol. The highest BCUT2D eigenvalue weighted by Crippen LogP contribution is 2.44. The molecule has 1 saturated heterocycles. The number of sulfone groups is 1. The van der Waals surface area contributed by atoms with Crippen molar-refractivity contribution < 1.29 is 32.7 Å². The van der Waals surface area contributed by atoms with Crippen LogP contribution in [0.25, 0.3) is 6.08 Å². The molecule has 10 nitrogen and oxygen atoms in total. The van der Waals surface area contributed by atoms with Gasteiger partial charge < -0.3 is 14.6 Å². The Morgan fingerprint density at radius 2 is 1.83 bits per heavy atom. The van der Waals surface area contributed by atoms with E-state index in [9.17, 15) is 28.4 Å². The molecule has 11 heteroatoms. The number of carbonyl (C=O) groups excluding carboxylic acids is 1. The molecular weight excluding hydrogens is 488 g/mol. The number of hydrogen-bond acceptors (Lipinski definition) is 8. The molecule has 0 bridgehead atoms. The van der Waals surface area contributed by atoms with E-state index in [1.165, 1.54) is 43.5 Å². The minimum Gasteiger partial charge on any atom is -0.504 e. The van der Waals surface area contributed by atoms with E-state index in [0.29, 0.717) is 12.4 Å². The molecule has 1 aliphatic rings. The Labute approximate surface area is 207 Å². The Bertz CT molecular complexity index is 1470. The second-order valence-corrected chi connectivity index (χ2v) is 9.77. The summed E-state index contributed by atoms with van der Waals surface area (Å²) in [6.45, 7) is 2.24. The molecular formula is C25H22N2O8S. The van der Waals surface area contributed by atoms with Gasteiger partial charge in [0.15, 0.2) is 16.9 Å². The second kappa shape index (κ2) is 9.70. The molecule has 0 saturated carbocycles. The maximum absolute atomic E-state index is 13.7. The van der Waals surface area contributed by atoms with Gasteiger partial charge in [0, 0.05) is 17.8 Å². The van der Waals surface area contributed by atoms with E-state index >= 15 is 0 Å². The molecule has 0 aliphatic carbocycles. The predicted molar refractivity (Wildman–Crippen MR) is 132 cm³/mol. The number of phenols is 1. The van der Waals surface area contributed by atoms with Gasteiger partial charge in [0.1, 0.15) is 10.7 Å². The maximum atomic E-state index is 13.7. The van der Waals surface area contributed by atoms with Crippen LogP contribution in [-0.4, -0.2) is 38.1 Å². The van der Waals surface area contributed by atoms with Crippen LogP contribution in [0.1, 0.15) is 23.4 Å². The van der Waals surface area contributed by atoms with Gasteiger partial charge in [-0.15, -0.1) is 0 Å². The highest BCUT2D eigenvalue weighted by Gasteiger charge is 2.50. The van der Waals surface area contributed by atoms with Crippen molar-refractivity contribution >= 4 is 33.2 Å². The molecule has 4 rings (SSSR count). The zero-order chi connectivity index (χ0) is 26.0. The largest absolute Gasteiger partial charge is 0.504 e. The summed E-state index contributed by atoms with van der Waals surface area (Å²) >= 11 is 0. The van der Waals surface area contributed by atoms with Crippen LogP contribution < -0.4 is 14.4 Å². The van der Waals surface area contributed by atoms with E-state index in [4.69, 9.17) is 9.47 Å². The Hall–Kier alpha value is -4.38. The number of hydrogen-bond donors (Lipinski definition) is 1. The van der Waals surface area contributed by atoms with E-state index in [2.05, 4.69) is 0 Å². The van der Waals surface area contributed by atoms with Crippen LogP contribution in [0.4, 0.5) is 11.4 Å². The SMILES string of the molecule is CCOc1ccc(N2C(=O)/C(=C\c3ccc(OC)c(O)c3)S(=O)(=O)[C@H]2c2cccc([N+](=O)[O-])c2)cc1. The summed E-state index contributed by atoms with van der Waals surface area (Å²) < 4.78 is 37.9. The van der Waals surface area contributed by atoms with E-state index in [0.717, 1.165) is 17.0 Å². The van der Waals surface area contributed by atoms with E-state index in [-0.39, 0.29) is 34.0 Å². The van der Waals surface area contributed by atoms with Gasteiger partial charge >= 0.3 is 0 Å². The first-order valence-corrected chi connectivity index (χ1v) is 12.4. The first-order valence-electron chi connectivity index (χ1n) is 10.8. The molecule has 0 spiro atoms. The van der Waals surface area contributed by atoms with Crippen molar-refractivity contribution in [3.05, 3.63) is 92.9 Å². The van der Waals surface area contributed by atoms with Crippen LogP contribution in [0.3, 0.4) is 0 Å². The Balaban J connectivity index is 1.89. The number of non-ortho nitro benzene ring substituents is 1. The fourth-order valence-electron chi connectivity index (χ4n) is 3.94. The zero-order valence-electron chi connectivity index (χ0n) is 19.3. The number of benzene rings is 3. The summed E-state index contributed by atoms with van der Waals surface area (Å²) in [5, 5.41) is 19.9. The van der Waals surface area contributed by atoms with Crippen molar-refractivity contribution in [2.24, 2.45) is 0 Å². The number of nitro groups is 1. The first-order chi connectivity index (χ1) is 17.2. The number of nitro benzene ring substituents is 1. The summed E-state index contributed by atoms with van der Waals surface area (Å²) in [5.41, 5.74) is 0.280. The average Bonchev–Trinajstić information content (AvgIpc) is 3.05. The Morgan fingerprint density at radius 3 is 2.44 bits per heavy atom. The summed E-state index contributed by atoms with van der Waals surface area (Å²) in [5.74, 6) is -0.324. The lowest BCUT2D eigenvalue weighted by molar-refractivity contribution is -0.384. The molecule has 0 aromatic heterocycles. The number of amides is 1. The predicted octanol–water partition coefficient (Wildman–Crippen LogP) is 4.21. The minimum atomic E-state index is -4.35. The average molecular weight is 511 g/mol. The number of carbonyl (C=O) groups is 1. The Morgan fingerprint density at radius 1 is 1.11 bits per heavy atom. The minimum absolute atomic E-state index is 0.0624. The lowest BCUT2D eigenvalue weighted by Gasteiger charge is -2.23. The number of anilines is 1. The molecule has 1 N–H and O–H groups in total. The van der Waals surface area contributed by atoms with Crippen molar-refractivity contribution in [2.45, 2.75) is 12.3 Å². The van der Waals surface area contributed by atoms with Crippen molar-refractivity contribution in [3.63, 3.8) is 0 Å². The molecule has 1 heterocycles. The van der Waals surface area contributed by atoms with E-state index in [1.54, 1.807) is 24.3 Å². The molecule has 0 unspecified atom stereocenters. The molecule has 1 aliphatic heterocycles. The van der Waals surface area contributed by atoms with Crippen LogP contribution in [0, 0.1) is 10.1 Å². The molecule has 1 amide bonds. The normalized spacial score (nSPS) is 17.8. The van der Waals surface area contributed by atoms with Gasteiger partial charge in [-0.3, -0.25) is 19.8 Å². The van der Waals surface area contributed by atoms with Gasteiger partial charge in [-0.2, -0.15) is 0 Å². The number of methoxy groups -OCH3 is 1. The van der Waals surface area contributed by atoms with Crippen molar-refractivity contribution in [1.29, 1.82) is 0 Å². The lowest BCUT2D eigenvalue weighted by atomic mass is 10.1. The molecule has 0 radical (unpaired) electrons. The number of aromatic hydroxyl groups is 1. The topological polar surface area (TPSA) is 136 Å². The van der Waals surface area contributed by atoms with Gasteiger partial charge in [0.25, 0.3) is 11.6 Å². The standard InChI is InChI=1S/C25H22N2O8S/c1-3-35-20-10-8-18(9-11-20)26-24(29)23(14-16-7-12-22(34-2)21(28)13-16)36(32,33)25(26)17-5-4-6-19(15-17)27(30)31/h4-15,25,28H,3H2,1-2H3/b23-14+/t25-/m0/s1. The summed E-state index contributed by atoms with van der Waals surface area (Å²) in [6, 6.07) is 15.7.